The number of carbonyl (C=O) groups excluding carboxylic acids is 1. The van der Waals surface area contributed by atoms with Gasteiger partial charge in [-0.15, -0.1) is 0 Å². The maximum absolute atomic E-state index is 11.8. The summed E-state index contributed by atoms with van der Waals surface area (Å²) < 4.78 is 0. The SMILES string of the molecule is CN(CCNC(=O)c1ccnc(N)c1)C1CC1. The lowest BCUT2D eigenvalue weighted by molar-refractivity contribution is 0.0949. The van der Waals surface area contributed by atoms with Gasteiger partial charge in [-0.1, -0.05) is 0 Å². The van der Waals surface area contributed by atoms with Crippen molar-refractivity contribution in [3.8, 4) is 0 Å². The lowest BCUT2D eigenvalue weighted by Crippen LogP contribution is -2.34. The van der Waals surface area contributed by atoms with Crippen LogP contribution in [0.4, 0.5) is 5.82 Å². The van der Waals surface area contributed by atoms with E-state index in [-0.39, 0.29) is 5.91 Å². The Kier molecular flexibility index (Phi) is 3.58. The van der Waals surface area contributed by atoms with Crippen LogP contribution in [0.3, 0.4) is 0 Å². The molecule has 1 saturated carbocycles. The predicted molar refractivity (Wildman–Crippen MR) is 66.6 cm³/mol. The molecule has 0 radical (unpaired) electrons. The molecule has 2 rings (SSSR count). The van der Waals surface area contributed by atoms with Crippen molar-refractivity contribution in [3.63, 3.8) is 0 Å². The first-order valence-electron chi connectivity index (χ1n) is 5.87. The number of pyridine rings is 1. The number of nitrogens with two attached hydrogens (primary N) is 1. The molecule has 17 heavy (non-hydrogen) atoms. The Bertz CT molecular complexity index is 403. The van der Waals surface area contributed by atoms with E-state index < -0.39 is 0 Å². The highest BCUT2D eigenvalue weighted by atomic mass is 16.1. The van der Waals surface area contributed by atoms with Crippen molar-refractivity contribution in [2.75, 3.05) is 25.9 Å². The molecule has 1 heterocycles. The van der Waals surface area contributed by atoms with Crippen molar-refractivity contribution >= 4 is 11.7 Å². The molecule has 0 spiro atoms. The quantitative estimate of drug-likeness (QED) is 0.777. The second kappa shape index (κ2) is 5.14. The van der Waals surface area contributed by atoms with Crippen LogP contribution in [0.1, 0.15) is 23.2 Å². The first kappa shape index (κ1) is 11.9. The topological polar surface area (TPSA) is 71.2 Å². The van der Waals surface area contributed by atoms with E-state index in [9.17, 15) is 4.79 Å². The molecule has 1 aliphatic rings. The van der Waals surface area contributed by atoms with Crippen LogP contribution in [-0.4, -0.2) is 42.0 Å². The van der Waals surface area contributed by atoms with Gasteiger partial charge in [-0.05, 0) is 32.0 Å². The summed E-state index contributed by atoms with van der Waals surface area (Å²) in [6.07, 6.45) is 4.11. The molecular weight excluding hydrogens is 216 g/mol. The highest BCUT2D eigenvalue weighted by Crippen LogP contribution is 2.24. The molecule has 0 aliphatic heterocycles. The van der Waals surface area contributed by atoms with Gasteiger partial charge in [0.1, 0.15) is 5.82 Å². The maximum atomic E-state index is 11.8. The van der Waals surface area contributed by atoms with Gasteiger partial charge in [-0.3, -0.25) is 4.79 Å². The zero-order chi connectivity index (χ0) is 12.3. The summed E-state index contributed by atoms with van der Waals surface area (Å²) in [5, 5.41) is 2.88. The third-order valence-corrected chi connectivity index (χ3v) is 2.96. The van der Waals surface area contributed by atoms with E-state index in [4.69, 9.17) is 5.73 Å². The fraction of sp³-hybridized carbons (Fsp3) is 0.500. The van der Waals surface area contributed by atoms with Crippen molar-refractivity contribution in [2.45, 2.75) is 18.9 Å². The number of anilines is 1. The zero-order valence-electron chi connectivity index (χ0n) is 10.0. The van der Waals surface area contributed by atoms with Crippen LogP contribution in [0.25, 0.3) is 0 Å². The molecule has 1 amide bonds. The Balaban J connectivity index is 1.76. The maximum Gasteiger partial charge on any atom is 0.251 e. The van der Waals surface area contributed by atoms with Crippen molar-refractivity contribution in [1.29, 1.82) is 0 Å². The van der Waals surface area contributed by atoms with E-state index in [2.05, 4.69) is 22.2 Å². The Hall–Kier alpha value is -1.62. The molecule has 0 unspecified atom stereocenters. The minimum absolute atomic E-state index is 0.0942. The number of hydrogen-bond acceptors (Lipinski definition) is 4. The van der Waals surface area contributed by atoms with Gasteiger partial charge in [0.25, 0.3) is 5.91 Å². The average Bonchev–Trinajstić information content (AvgIpc) is 3.12. The Labute approximate surface area is 101 Å². The summed E-state index contributed by atoms with van der Waals surface area (Å²) in [5.74, 6) is 0.274. The molecule has 92 valence electrons. The molecule has 0 bridgehead atoms. The number of nitrogen functional groups attached to an aromatic ring is 1. The lowest BCUT2D eigenvalue weighted by atomic mass is 10.2. The monoisotopic (exact) mass is 234 g/mol. The summed E-state index contributed by atoms with van der Waals surface area (Å²) in [5.41, 5.74) is 6.08. The molecule has 0 aromatic carbocycles. The van der Waals surface area contributed by atoms with Gasteiger partial charge in [0.2, 0.25) is 0 Å². The first-order valence-corrected chi connectivity index (χ1v) is 5.87. The number of aromatic nitrogens is 1. The van der Waals surface area contributed by atoms with E-state index >= 15 is 0 Å². The van der Waals surface area contributed by atoms with E-state index in [1.54, 1.807) is 18.3 Å². The Morgan fingerprint density at radius 3 is 3.06 bits per heavy atom. The normalized spacial score (nSPS) is 14.9. The van der Waals surface area contributed by atoms with Crippen molar-refractivity contribution < 1.29 is 4.79 Å². The molecule has 0 saturated heterocycles. The van der Waals surface area contributed by atoms with E-state index in [0.717, 1.165) is 12.6 Å². The van der Waals surface area contributed by atoms with Crippen LogP contribution in [-0.2, 0) is 0 Å². The van der Waals surface area contributed by atoms with Gasteiger partial charge in [0.05, 0.1) is 0 Å². The van der Waals surface area contributed by atoms with E-state index in [1.807, 2.05) is 0 Å². The van der Waals surface area contributed by atoms with Crippen LogP contribution in [0.5, 0.6) is 0 Å². The lowest BCUT2D eigenvalue weighted by Gasteiger charge is -2.15. The van der Waals surface area contributed by atoms with E-state index in [1.165, 1.54) is 12.8 Å². The molecule has 5 nitrogen and oxygen atoms in total. The molecule has 0 atom stereocenters. The Morgan fingerprint density at radius 1 is 1.65 bits per heavy atom. The van der Waals surface area contributed by atoms with E-state index in [0.29, 0.717) is 17.9 Å². The number of amides is 1. The minimum atomic E-state index is -0.0942. The van der Waals surface area contributed by atoms with Gasteiger partial charge in [0.15, 0.2) is 0 Å². The zero-order valence-corrected chi connectivity index (χ0v) is 10.0. The van der Waals surface area contributed by atoms with Crippen LogP contribution >= 0.6 is 0 Å². The standard InChI is InChI=1S/C12H18N4O/c1-16(10-2-3-10)7-6-15-12(17)9-4-5-14-11(13)8-9/h4-5,8,10H,2-3,6-7H2,1H3,(H2,13,14)(H,15,17). The smallest absolute Gasteiger partial charge is 0.251 e. The first-order chi connectivity index (χ1) is 8.16. The predicted octanol–water partition coefficient (Wildman–Crippen LogP) is 0.488. The number of carbonyl (C=O) groups is 1. The second-order valence-corrected chi connectivity index (χ2v) is 4.44. The summed E-state index contributed by atoms with van der Waals surface area (Å²) in [6.45, 7) is 1.55. The van der Waals surface area contributed by atoms with Gasteiger partial charge < -0.3 is 16.0 Å². The molecule has 1 aliphatic carbocycles. The van der Waals surface area contributed by atoms with Gasteiger partial charge in [0, 0.05) is 30.9 Å². The molecule has 5 heteroatoms. The number of hydrogen-bond donors (Lipinski definition) is 2. The van der Waals surface area contributed by atoms with Crippen molar-refractivity contribution in [3.05, 3.63) is 23.9 Å². The van der Waals surface area contributed by atoms with Gasteiger partial charge in [-0.25, -0.2) is 4.98 Å². The van der Waals surface area contributed by atoms with Crippen LogP contribution < -0.4 is 11.1 Å². The third-order valence-electron chi connectivity index (χ3n) is 2.96. The number of likely N-dealkylation sites (N-methyl/N-ethyl adjacent to an activating group) is 1. The molecular formula is C12H18N4O. The van der Waals surface area contributed by atoms with Crippen LogP contribution in [0.2, 0.25) is 0 Å². The number of nitrogens with one attached hydrogen (secondary N) is 1. The molecule has 3 N–H and O–H groups in total. The average molecular weight is 234 g/mol. The highest BCUT2D eigenvalue weighted by molar-refractivity contribution is 5.94. The second-order valence-electron chi connectivity index (χ2n) is 4.44. The largest absolute Gasteiger partial charge is 0.384 e. The third kappa shape index (κ3) is 3.42. The highest BCUT2D eigenvalue weighted by Gasteiger charge is 2.25. The van der Waals surface area contributed by atoms with Gasteiger partial charge in [-0.2, -0.15) is 0 Å². The van der Waals surface area contributed by atoms with Gasteiger partial charge >= 0.3 is 0 Å². The van der Waals surface area contributed by atoms with Crippen molar-refractivity contribution in [2.24, 2.45) is 0 Å². The summed E-state index contributed by atoms with van der Waals surface area (Å²) >= 11 is 0. The minimum Gasteiger partial charge on any atom is -0.384 e. The summed E-state index contributed by atoms with van der Waals surface area (Å²) in [6, 6.07) is 3.97. The van der Waals surface area contributed by atoms with Crippen LogP contribution in [0, 0.1) is 0 Å². The number of nitrogens with zero attached hydrogens (tertiary/aromatic N) is 2. The number of rotatable bonds is 5. The fourth-order valence-electron chi connectivity index (χ4n) is 1.74. The van der Waals surface area contributed by atoms with Crippen LogP contribution in [0.15, 0.2) is 18.3 Å². The van der Waals surface area contributed by atoms with Crippen molar-refractivity contribution in [1.82, 2.24) is 15.2 Å². The summed E-state index contributed by atoms with van der Waals surface area (Å²) in [7, 11) is 2.09. The molecule has 1 aromatic rings. The molecule has 1 aromatic heterocycles. The molecule has 1 fully saturated rings. The summed E-state index contributed by atoms with van der Waals surface area (Å²) in [4.78, 5) is 17.9. The Morgan fingerprint density at radius 2 is 2.41 bits per heavy atom. The fourth-order valence-corrected chi connectivity index (χ4v) is 1.74.